The first-order valence-electron chi connectivity index (χ1n) is 2.86. The van der Waals surface area contributed by atoms with Gasteiger partial charge in [-0.1, -0.05) is 0 Å². The van der Waals surface area contributed by atoms with Crippen LogP contribution in [0, 0.1) is 0 Å². The fourth-order valence-electron chi connectivity index (χ4n) is 0.612. The molecule has 0 aliphatic rings. The number of hydrogen-bond acceptors (Lipinski definition) is 3. The van der Waals surface area contributed by atoms with Crippen molar-refractivity contribution in [2.24, 2.45) is 0 Å². The summed E-state index contributed by atoms with van der Waals surface area (Å²) in [6, 6.07) is 0. The minimum Gasteiger partial charge on any atom is -0.387 e. The van der Waals surface area contributed by atoms with Gasteiger partial charge in [0, 0.05) is 12.4 Å². The number of aromatic nitrogens is 2. The SMILES string of the molecule is CC(O)c1nccnc1Br. The van der Waals surface area contributed by atoms with E-state index in [1.165, 1.54) is 0 Å². The summed E-state index contributed by atoms with van der Waals surface area (Å²) in [6.45, 7) is 1.65. The lowest BCUT2D eigenvalue weighted by atomic mass is 10.3. The normalized spacial score (nSPS) is 13.1. The standard InChI is InChI=1S/C6H7BrN2O/c1-4(10)5-6(7)9-3-2-8-5/h2-4,10H,1H3. The van der Waals surface area contributed by atoms with Crippen molar-refractivity contribution in [1.82, 2.24) is 9.97 Å². The average molecular weight is 203 g/mol. The molecule has 1 atom stereocenters. The fraction of sp³-hybridized carbons (Fsp3) is 0.333. The van der Waals surface area contributed by atoms with E-state index < -0.39 is 6.10 Å². The van der Waals surface area contributed by atoms with Gasteiger partial charge in [-0.3, -0.25) is 4.98 Å². The quantitative estimate of drug-likeness (QED) is 0.747. The summed E-state index contributed by atoms with van der Waals surface area (Å²) in [5.74, 6) is 0. The molecule has 0 fully saturated rings. The molecular weight excluding hydrogens is 196 g/mol. The zero-order valence-corrected chi connectivity index (χ0v) is 7.04. The maximum atomic E-state index is 9.07. The Morgan fingerprint density at radius 3 is 2.50 bits per heavy atom. The third kappa shape index (κ3) is 1.52. The van der Waals surface area contributed by atoms with Crippen LogP contribution < -0.4 is 0 Å². The second-order valence-corrected chi connectivity index (χ2v) is 2.66. The Labute approximate surface area is 67.3 Å². The van der Waals surface area contributed by atoms with Crippen LogP contribution in [0.3, 0.4) is 0 Å². The molecular formula is C6H7BrN2O. The molecule has 0 saturated heterocycles. The Morgan fingerprint density at radius 2 is 2.10 bits per heavy atom. The molecule has 0 bridgehead atoms. The summed E-state index contributed by atoms with van der Waals surface area (Å²) in [5.41, 5.74) is 0.572. The molecule has 10 heavy (non-hydrogen) atoms. The molecule has 0 spiro atoms. The van der Waals surface area contributed by atoms with Crippen LogP contribution in [0.15, 0.2) is 17.0 Å². The number of hydrogen-bond donors (Lipinski definition) is 1. The molecule has 1 aromatic heterocycles. The van der Waals surface area contributed by atoms with Crippen molar-refractivity contribution in [3.05, 3.63) is 22.7 Å². The minimum atomic E-state index is -0.567. The first-order valence-corrected chi connectivity index (χ1v) is 3.65. The third-order valence-corrected chi connectivity index (χ3v) is 1.69. The van der Waals surface area contributed by atoms with Gasteiger partial charge in [0.05, 0.1) is 6.10 Å². The summed E-state index contributed by atoms with van der Waals surface area (Å²) < 4.78 is 0.602. The van der Waals surface area contributed by atoms with E-state index in [4.69, 9.17) is 5.11 Å². The predicted octanol–water partition coefficient (Wildman–Crippen LogP) is 1.29. The highest BCUT2D eigenvalue weighted by Gasteiger charge is 2.06. The molecule has 1 heterocycles. The van der Waals surface area contributed by atoms with Crippen LogP contribution >= 0.6 is 15.9 Å². The van der Waals surface area contributed by atoms with Crippen molar-refractivity contribution < 1.29 is 5.11 Å². The smallest absolute Gasteiger partial charge is 0.130 e. The van der Waals surface area contributed by atoms with Crippen LogP contribution in [-0.2, 0) is 0 Å². The maximum Gasteiger partial charge on any atom is 0.130 e. The Morgan fingerprint density at radius 1 is 1.50 bits per heavy atom. The highest BCUT2D eigenvalue weighted by atomic mass is 79.9. The fourth-order valence-corrected chi connectivity index (χ4v) is 1.16. The van der Waals surface area contributed by atoms with Gasteiger partial charge in [-0.25, -0.2) is 4.98 Å². The van der Waals surface area contributed by atoms with Crippen molar-refractivity contribution in [3.63, 3.8) is 0 Å². The molecule has 0 aliphatic heterocycles. The lowest BCUT2D eigenvalue weighted by Gasteiger charge is -2.02. The van der Waals surface area contributed by atoms with Gasteiger partial charge in [-0.05, 0) is 22.9 Å². The van der Waals surface area contributed by atoms with Gasteiger partial charge in [0.25, 0.3) is 0 Å². The van der Waals surface area contributed by atoms with E-state index >= 15 is 0 Å². The van der Waals surface area contributed by atoms with Gasteiger partial charge < -0.3 is 5.11 Å². The Balaban J connectivity index is 3.03. The van der Waals surface area contributed by atoms with Gasteiger partial charge in [-0.15, -0.1) is 0 Å². The second-order valence-electron chi connectivity index (χ2n) is 1.91. The van der Waals surface area contributed by atoms with Crippen LogP contribution in [0.1, 0.15) is 18.7 Å². The Kier molecular flexibility index (Phi) is 2.34. The molecule has 1 N–H and O–H groups in total. The maximum absolute atomic E-state index is 9.07. The highest BCUT2D eigenvalue weighted by molar-refractivity contribution is 9.10. The summed E-state index contributed by atoms with van der Waals surface area (Å²) >= 11 is 3.16. The molecule has 4 heteroatoms. The molecule has 0 saturated carbocycles. The lowest BCUT2D eigenvalue weighted by Crippen LogP contribution is -1.97. The number of aliphatic hydroxyl groups is 1. The van der Waals surface area contributed by atoms with Crippen LogP contribution in [0.5, 0.6) is 0 Å². The van der Waals surface area contributed by atoms with E-state index in [0.717, 1.165) is 0 Å². The van der Waals surface area contributed by atoms with E-state index in [1.54, 1.807) is 19.3 Å². The van der Waals surface area contributed by atoms with Crippen LogP contribution in [0.4, 0.5) is 0 Å². The van der Waals surface area contributed by atoms with Crippen molar-refractivity contribution in [3.8, 4) is 0 Å². The van der Waals surface area contributed by atoms with Crippen molar-refractivity contribution in [1.29, 1.82) is 0 Å². The summed E-state index contributed by atoms with van der Waals surface area (Å²) in [4.78, 5) is 7.81. The molecule has 1 aromatic rings. The van der Waals surface area contributed by atoms with Crippen molar-refractivity contribution >= 4 is 15.9 Å². The third-order valence-electron chi connectivity index (χ3n) is 1.08. The molecule has 0 radical (unpaired) electrons. The summed E-state index contributed by atoms with van der Waals surface area (Å²) in [5, 5.41) is 9.07. The van der Waals surface area contributed by atoms with Crippen LogP contribution in [0.2, 0.25) is 0 Å². The molecule has 54 valence electrons. The average Bonchev–Trinajstić information content (AvgIpc) is 1.88. The molecule has 3 nitrogen and oxygen atoms in total. The topological polar surface area (TPSA) is 46.0 Å². The molecule has 1 unspecified atom stereocenters. The van der Waals surface area contributed by atoms with E-state index in [0.29, 0.717) is 10.3 Å². The van der Waals surface area contributed by atoms with Gasteiger partial charge >= 0.3 is 0 Å². The van der Waals surface area contributed by atoms with Gasteiger partial charge in [-0.2, -0.15) is 0 Å². The zero-order valence-electron chi connectivity index (χ0n) is 5.45. The first-order chi connectivity index (χ1) is 4.72. The Hall–Kier alpha value is -0.480. The summed E-state index contributed by atoms with van der Waals surface area (Å²) in [7, 11) is 0. The van der Waals surface area contributed by atoms with Gasteiger partial charge in [0.1, 0.15) is 10.3 Å². The van der Waals surface area contributed by atoms with E-state index in [-0.39, 0.29) is 0 Å². The Bertz CT molecular complexity index is 227. The molecule has 0 aromatic carbocycles. The molecule has 0 amide bonds. The number of rotatable bonds is 1. The predicted molar refractivity (Wildman–Crippen MR) is 40.4 cm³/mol. The second kappa shape index (κ2) is 3.07. The number of halogens is 1. The van der Waals surface area contributed by atoms with Crippen molar-refractivity contribution in [2.45, 2.75) is 13.0 Å². The largest absolute Gasteiger partial charge is 0.387 e. The summed E-state index contributed by atoms with van der Waals surface area (Å²) in [6.07, 6.45) is 2.55. The van der Waals surface area contributed by atoms with E-state index in [9.17, 15) is 0 Å². The van der Waals surface area contributed by atoms with E-state index in [2.05, 4.69) is 25.9 Å². The number of aliphatic hydroxyl groups excluding tert-OH is 1. The lowest BCUT2D eigenvalue weighted by molar-refractivity contribution is 0.193. The van der Waals surface area contributed by atoms with E-state index in [1.807, 2.05) is 0 Å². The minimum absolute atomic E-state index is 0.567. The number of nitrogens with zero attached hydrogens (tertiary/aromatic N) is 2. The van der Waals surface area contributed by atoms with Gasteiger partial charge in [0.15, 0.2) is 0 Å². The van der Waals surface area contributed by atoms with Crippen molar-refractivity contribution in [2.75, 3.05) is 0 Å². The van der Waals surface area contributed by atoms with Gasteiger partial charge in [0.2, 0.25) is 0 Å². The van der Waals surface area contributed by atoms with Crippen LogP contribution in [0.25, 0.3) is 0 Å². The molecule has 1 rings (SSSR count). The van der Waals surface area contributed by atoms with Crippen LogP contribution in [-0.4, -0.2) is 15.1 Å². The first kappa shape index (κ1) is 7.63. The molecule has 0 aliphatic carbocycles. The zero-order chi connectivity index (χ0) is 7.56. The highest BCUT2D eigenvalue weighted by Crippen LogP contribution is 2.16. The monoisotopic (exact) mass is 202 g/mol.